The third-order valence-corrected chi connectivity index (χ3v) is 3.16. The molecule has 0 saturated heterocycles. The van der Waals surface area contributed by atoms with Crippen molar-refractivity contribution in [2.45, 2.75) is 20.3 Å². The number of amides is 1. The van der Waals surface area contributed by atoms with Gasteiger partial charge in [0.05, 0.1) is 0 Å². The molecule has 4 heteroatoms. The molecule has 0 bridgehead atoms. The number of esters is 1. The Bertz CT molecular complexity index is 650. The van der Waals surface area contributed by atoms with Crippen molar-refractivity contribution in [2.75, 3.05) is 5.32 Å². The van der Waals surface area contributed by atoms with Crippen LogP contribution in [0.1, 0.15) is 17.5 Å². The second kappa shape index (κ2) is 6.70. The molecule has 4 nitrogen and oxygen atoms in total. The molecule has 0 fully saturated rings. The zero-order valence-electron chi connectivity index (χ0n) is 12.1. The van der Waals surface area contributed by atoms with Gasteiger partial charge in [-0.05, 0) is 43.2 Å². The van der Waals surface area contributed by atoms with Crippen LogP contribution in [0.15, 0.2) is 48.5 Å². The van der Waals surface area contributed by atoms with Crippen LogP contribution in [0.2, 0.25) is 0 Å². The number of hydrogen-bond donors (Lipinski definition) is 1. The van der Waals surface area contributed by atoms with Crippen molar-refractivity contribution in [3.8, 4) is 5.75 Å². The first kappa shape index (κ1) is 14.8. The average Bonchev–Trinajstić information content (AvgIpc) is 2.44. The molecule has 2 aromatic rings. The van der Waals surface area contributed by atoms with Gasteiger partial charge in [0.1, 0.15) is 12.2 Å². The molecule has 2 aromatic carbocycles. The predicted molar refractivity (Wildman–Crippen MR) is 81.2 cm³/mol. The molecule has 0 heterocycles. The summed E-state index contributed by atoms with van der Waals surface area (Å²) >= 11 is 0. The molecule has 0 saturated carbocycles. The van der Waals surface area contributed by atoms with Crippen LogP contribution in [0, 0.1) is 13.8 Å². The Labute approximate surface area is 123 Å². The summed E-state index contributed by atoms with van der Waals surface area (Å²) in [6.45, 7) is 3.89. The molecular formula is C17H17NO3. The largest absolute Gasteiger partial charge is 0.426 e. The van der Waals surface area contributed by atoms with E-state index in [0.29, 0.717) is 11.4 Å². The average molecular weight is 283 g/mol. The van der Waals surface area contributed by atoms with Gasteiger partial charge in [-0.1, -0.05) is 30.3 Å². The Morgan fingerprint density at radius 1 is 1.00 bits per heavy atom. The number of para-hydroxylation sites is 1. The smallest absolute Gasteiger partial charge is 0.320 e. The molecule has 0 aliphatic carbocycles. The summed E-state index contributed by atoms with van der Waals surface area (Å²) in [7, 11) is 0. The SMILES string of the molecule is Cc1cccc(NC(=O)CC(=O)Oc2ccccc2)c1C. The lowest BCUT2D eigenvalue weighted by Crippen LogP contribution is -2.20. The van der Waals surface area contributed by atoms with Crippen LogP contribution < -0.4 is 10.1 Å². The monoisotopic (exact) mass is 283 g/mol. The van der Waals surface area contributed by atoms with Crippen molar-refractivity contribution in [1.29, 1.82) is 0 Å². The lowest BCUT2D eigenvalue weighted by molar-refractivity contribution is -0.137. The van der Waals surface area contributed by atoms with Crippen molar-refractivity contribution >= 4 is 17.6 Å². The van der Waals surface area contributed by atoms with E-state index in [0.717, 1.165) is 11.1 Å². The number of anilines is 1. The first-order valence-corrected chi connectivity index (χ1v) is 6.68. The summed E-state index contributed by atoms with van der Waals surface area (Å²) in [5, 5.41) is 2.73. The van der Waals surface area contributed by atoms with Gasteiger partial charge in [-0.3, -0.25) is 9.59 Å². The van der Waals surface area contributed by atoms with Crippen LogP contribution >= 0.6 is 0 Å². The van der Waals surface area contributed by atoms with Crippen LogP contribution in [0.5, 0.6) is 5.75 Å². The minimum absolute atomic E-state index is 0.317. The molecule has 1 N–H and O–H groups in total. The maximum Gasteiger partial charge on any atom is 0.320 e. The Morgan fingerprint density at radius 3 is 2.43 bits per heavy atom. The van der Waals surface area contributed by atoms with Crippen LogP contribution in [0.4, 0.5) is 5.69 Å². The Morgan fingerprint density at radius 2 is 1.71 bits per heavy atom. The topological polar surface area (TPSA) is 55.4 Å². The van der Waals surface area contributed by atoms with Crippen LogP contribution in [-0.2, 0) is 9.59 Å². The molecule has 21 heavy (non-hydrogen) atoms. The minimum Gasteiger partial charge on any atom is -0.426 e. The second-order valence-corrected chi connectivity index (χ2v) is 4.76. The van der Waals surface area contributed by atoms with E-state index in [1.807, 2.05) is 38.1 Å². The van der Waals surface area contributed by atoms with E-state index in [1.54, 1.807) is 24.3 Å². The van der Waals surface area contributed by atoms with Crippen molar-refractivity contribution in [1.82, 2.24) is 0 Å². The maximum absolute atomic E-state index is 11.9. The number of ether oxygens (including phenoxy) is 1. The van der Waals surface area contributed by atoms with E-state index in [9.17, 15) is 9.59 Å². The maximum atomic E-state index is 11.9. The Hall–Kier alpha value is -2.62. The molecule has 0 aliphatic heterocycles. The zero-order valence-corrected chi connectivity index (χ0v) is 12.1. The lowest BCUT2D eigenvalue weighted by atomic mass is 10.1. The molecule has 1 amide bonds. The standard InChI is InChI=1S/C17H17NO3/c1-12-7-6-10-15(13(12)2)18-16(19)11-17(20)21-14-8-4-3-5-9-14/h3-10H,11H2,1-2H3,(H,18,19). The van der Waals surface area contributed by atoms with Crippen molar-refractivity contribution < 1.29 is 14.3 Å². The van der Waals surface area contributed by atoms with E-state index in [4.69, 9.17) is 4.74 Å². The molecule has 0 radical (unpaired) electrons. The number of hydrogen-bond acceptors (Lipinski definition) is 3. The van der Waals surface area contributed by atoms with Gasteiger partial charge >= 0.3 is 5.97 Å². The number of benzene rings is 2. The summed E-state index contributed by atoms with van der Waals surface area (Å²) < 4.78 is 5.08. The van der Waals surface area contributed by atoms with Gasteiger partial charge < -0.3 is 10.1 Å². The lowest BCUT2D eigenvalue weighted by Gasteiger charge is -2.10. The first-order valence-electron chi connectivity index (χ1n) is 6.68. The summed E-state index contributed by atoms with van der Waals surface area (Å²) in [5.74, 6) is -0.532. The first-order chi connectivity index (χ1) is 10.1. The Balaban J connectivity index is 1.92. The van der Waals surface area contributed by atoms with Crippen LogP contribution in [-0.4, -0.2) is 11.9 Å². The highest BCUT2D eigenvalue weighted by Gasteiger charge is 2.13. The number of aryl methyl sites for hydroxylation is 1. The van der Waals surface area contributed by atoms with E-state index in [2.05, 4.69) is 5.32 Å². The highest BCUT2D eigenvalue weighted by molar-refractivity contribution is 6.02. The third-order valence-electron chi connectivity index (χ3n) is 3.16. The molecule has 108 valence electrons. The van der Waals surface area contributed by atoms with E-state index >= 15 is 0 Å². The van der Waals surface area contributed by atoms with Gasteiger partial charge in [-0.15, -0.1) is 0 Å². The van der Waals surface area contributed by atoms with Gasteiger partial charge in [0.25, 0.3) is 0 Å². The van der Waals surface area contributed by atoms with Crippen molar-refractivity contribution in [3.05, 3.63) is 59.7 Å². The molecule has 0 atom stereocenters. The Kier molecular flexibility index (Phi) is 4.72. The number of rotatable bonds is 4. The number of nitrogens with one attached hydrogen (secondary N) is 1. The number of carbonyl (C=O) groups excluding carboxylic acids is 2. The van der Waals surface area contributed by atoms with Crippen LogP contribution in [0.3, 0.4) is 0 Å². The van der Waals surface area contributed by atoms with E-state index in [1.165, 1.54) is 0 Å². The van der Waals surface area contributed by atoms with Crippen LogP contribution in [0.25, 0.3) is 0 Å². The molecular weight excluding hydrogens is 266 g/mol. The molecule has 0 aliphatic rings. The summed E-state index contributed by atoms with van der Waals surface area (Å²) in [6.07, 6.45) is -0.317. The summed E-state index contributed by atoms with van der Waals surface area (Å²) in [4.78, 5) is 23.5. The van der Waals surface area contributed by atoms with Gasteiger partial charge in [0.2, 0.25) is 5.91 Å². The third kappa shape index (κ3) is 4.18. The van der Waals surface area contributed by atoms with Gasteiger partial charge in [-0.25, -0.2) is 0 Å². The highest BCUT2D eigenvalue weighted by atomic mass is 16.5. The van der Waals surface area contributed by atoms with Crippen molar-refractivity contribution in [2.24, 2.45) is 0 Å². The van der Waals surface area contributed by atoms with Gasteiger partial charge in [0, 0.05) is 5.69 Å². The zero-order chi connectivity index (χ0) is 15.2. The minimum atomic E-state index is -0.580. The fraction of sp³-hybridized carbons (Fsp3) is 0.176. The summed E-state index contributed by atoms with van der Waals surface area (Å²) in [5.41, 5.74) is 2.79. The quantitative estimate of drug-likeness (QED) is 0.532. The molecule has 2 rings (SSSR count). The molecule has 0 spiro atoms. The number of carbonyl (C=O) groups is 2. The predicted octanol–water partition coefficient (Wildman–Crippen LogP) is 3.24. The highest BCUT2D eigenvalue weighted by Crippen LogP contribution is 2.18. The molecule has 0 unspecified atom stereocenters. The van der Waals surface area contributed by atoms with E-state index in [-0.39, 0.29) is 12.3 Å². The van der Waals surface area contributed by atoms with Gasteiger partial charge in [-0.2, -0.15) is 0 Å². The molecule has 0 aromatic heterocycles. The fourth-order valence-corrected chi connectivity index (χ4v) is 1.87. The van der Waals surface area contributed by atoms with Crippen molar-refractivity contribution in [3.63, 3.8) is 0 Å². The second-order valence-electron chi connectivity index (χ2n) is 4.76. The van der Waals surface area contributed by atoms with Gasteiger partial charge in [0.15, 0.2) is 0 Å². The fourth-order valence-electron chi connectivity index (χ4n) is 1.87. The summed E-state index contributed by atoms with van der Waals surface area (Å²) in [6, 6.07) is 14.3. The van der Waals surface area contributed by atoms with E-state index < -0.39 is 5.97 Å². The normalized spacial score (nSPS) is 10.0.